The quantitative estimate of drug-likeness (QED) is 0.442. The average Bonchev–Trinajstić information content (AvgIpc) is 3.05. The molecule has 164 valence electrons. The van der Waals surface area contributed by atoms with Gasteiger partial charge >= 0.3 is 6.18 Å². The first kappa shape index (κ1) is 21.8. The largest absolute Gasteiger partial charge is 0.433 e. The van der Waals surface area contributed by atoms with E-state index in [1.807, 2.05) is 19.1 Å². The topological polar surface area (TPSA) is 72.7 Å². The highest BCUT2D eigenvalue weighted by molar-refractivity contribution is 6.39. The van der Waals surface area contributed by atoms with Crippen molar-refractivity contribution in [3.8, 4) is 0 Å². The Morgan fingerprint density at radius 2 is 1.78 bits per heavy atom. The smallest absolute Gasteiger partial charge is 0.322 e. The molecule has 1 amide bonds. The molecule has 0 saturated carbocycles. The Kier molecular flexibility index (Phi) is 5.60. The van der Waals surface area contributed by atoms with Gasteiger partial charge in [-0.05, 0) is 37.6 Å². The number of carbonyl (C=O) groups excluding carboxylic acids is 1. The Labute approximate surface area is 186 Å². The molecular weight excluding hydrogens is 443 g/mol. The zero-order valence-electron chi connectivity index (χ0n) is 17.0. The molecule has 0 bridgehead atoms. The maximum Gasteiger partial charge on any atom is 0.433 e. The normalized spacial score (nSPS) is 11.7. The van der Waals surface area contributed by atoms with Crippen molar-refractivity contribution >= 4 is 34.2 Å². The van der Waals surface area contributed by atoms with Gasteiger partial charge in [-0.15, -0.1) is 0 Å². The number of aryl methyl sites for hydroxylation is 2. The second-order valence-electron chi connectivity index (χ2n) is 7.30. The third-order valence-corrected chi connectivity index (χ3v) is 5.27. The number of fused-ring (bicyclic) bond motifs is 1. The second-order valence-corrected chi connectivity index (χ2v) is 7.68. The van der Waals surface area contributed by atoms with Crippen LogP contribution >= 0.6 is 11.6 Å². The van der Waals surface area contributed by atoms with Crippen molar-refractivity contribution in [2.45, 2.75) is 26.6 Å². The summed E-state index contributed by atoms with van der Waals surface area (Å²) in [7, 11) is 0. The van der Waals surface area contributed by atoms with E-state index >= 15 is 0 Å². The van der Waals surface area contributed by atoms with Crippen LogP contribution in [0, 0.1) is 13.8 Å². The summed E-state index contributed by atoms with van der Waals surface area (Å²) in [6, 6.07) is 9.58. The van der Waals surface area contributed by atoms with Gasteiger partial charge in [0.1, 0.15) is 5.69 Å². The molecule has 0 aliphatic carbocycles. The zero-order valence-corrected chi connectivity index (χ0v) is 17.8. The fourth-order valence-electron chi connectivity index (χ4n) is 3.24. The van der Waals surface area contributed by atoms with Gasteiger partial charge < -0.3 is 5.32 Å². The lowest BCUT2D eigenvalue weighted by Crippen LogP contribution is -2.13. The Morgan fingerprint density at radius 1 is 1.06 bits per heavy atom. The van der Waals surface area contributed by atoms with Gasteiger partial charge in [0, 0.05) is 18.1 Å². The lowest BCUT2D eigenvalue weighted by atomic mass is 10.1. The molecule has 1 N–H and O–H groups in total. The van der Waals surface area contributed by atoms with E-state index in [9.17, 15) is 18.0 Å². The molecule has 0 aliphatic heterocycles. The molecule has 0 radical (unpaired) electrons. The molecular formula is C22H17ClF3N5O. The third kappa shape index (κ3) is 4.29. The lowest BCUT2D eigenvalue weighted by molar-refractivity contribution is -0.141. The first-order chi connectivity index (χ1) is 15.1. The summed E-state index contributed by atoms with van der Waals surface area (Å²) in [5, 5.41) is 7.89. The van der Waals surface area contributed by atoms with Gasteiger partial charge in [-0.1, -0.05) is 35.4 Å². The lowest BCUT2D eigenvalue weighted by Gasteiger charge is -2.09. The van der Waals surface area contributed by atoms with E-state index in [1.165, 1.54) is 16.9 Å². The number of carbonyl (C=O) groups is 1. The predicted molar refractivity (Wildman–Crippen MR) is 115 cm³/mol. The van der Waals surface area contributed by atoms with Crippen LogP contribution in [0.4, 0.5) is 18.9 Å². The van der Waals surface area contributed by atoms with E-state index in [0.717, 1.165) is 17.8 Å². The summed E-state index contributed by atoms with van der Waals surface area (Å²) < 4.78 is 39.7. The van der Waals surface area contributed by atoms with Gasteiger partial charge in [0.2, 0.25) is 0 Å². The molecule has 32 heavy (non-hydrogen) atoms. The van der Waals surface area contributed by atoms with E-state index < -0.39 is 17.8 Å². The Morgan fingerprint density at radius 3 is 2.41 bits per heavy atom. The van der Waals surface area contributed by atoms with Crippen molar-refractivity contribution in [3.05, 3.63) is 81.9 Å². The molecule has 0 atom stereocenters. The van der Waals surface area contributed by atoms with E-state index in [0.29, 0.717) is 28.0 Å². The SMILES string of the molecule is Cc1ccc(NC(=O)c2cnc3c(c(C)nn3Cc3ccc(C(F)(F)F)nc3)c2Cl)cc1. The van der Waals surface area contributed by atoms with Gasteiger partial charge in [0.05, 0.1) is 28.2 Å². The minimum atomic E-state index is -4.50. The van der Waals surface area contributed by atoms with Gasteiger partial charge in [-0.3, -0.25) is 9.78 Å². The maximum atomic E-state index is 12.7. The molecule has 1 aromatic carbocycles. The fraction of sp³-hybridized carbons (Fsp3) is 0.182. The number of amides is 1. The van der Waals surface area contributed by atoms with Crippen LogP contribution in [0.25, 0.3) is 11.0 Å². The molecule has 0 fully saturated rings. The number of pyridine rings is 2. The van der Waals surface area contributed by atoms with Gasteiger partial charge in [0.15, 0.2) is 5.65 Å². The highest BCUT2D eigenvalue weighted by Gasteiger charge is 2.32. The molecule has 6 nitrogen and oxygen atoms in total. The molecule has 10 heteroatoms. The molecule has 0 spiro atoms. The Balaban J connectivity index is 1.62. The average molecular weight is 460 g/mol. The highest BCUT2D eigenvalue weighted by Crippen LogP contribution is 2.30. The van der Waals surface area contributed by atoms with E-state index in [2.05, 4.69) is 20.4 Å². The Bertz CT molecular complexity index is 1300. The van der Waals surface area contributed by atoms with Crippen LogP contribution in [0.2, 0.25) is 5.02 Å². The molecule has 0 unspecified atom stereocenters. The third-order valence-electron chi connectivity index (χ3n) is 4.87. The van der Waals surface area contributed by atoms with Crippen molar-refractivity contribution in [1.82, 2.24) is 19.7 Å². The van der Waals surface area contributed by atoms with Crippen LogP contribution in [-0.4, -0.2) is 25.7 Å². The molecule has 3 heterocycles. The number of aromatic nitrogens is 4. The number of hydrogen-bond donors (Lipinski definition) is 1. The minimum absolute atomic E-state index is 0.147. The van der Waals surface area contributed by atoms with Crippen LogP contribution in [0.3, 0.4) is 0 Å². The van der Waals surface area contributed by atoms with Gasteiger partial charge in [0.25, 0.3) is 5.91 Å². The van der Waals surface area contributed by atoms with Crippen LogP contribution in [-0.2, 0) is 12.7 Å². The van der Waals surface area contributed by atoms with Crippen LogP contribution in [0.5, 0.6) is 0 Å². The van der Waals surface area contributed by atoms with E-state index in [4.69, 9.17) is 11.6 Å². The molecule has 4 aromatic rings. The number of halogens is 4. The molecule has 0 aliphatic rings. The van der Waals surface area contributed by atoms with Crippen molar-refractivity contribution in [3.63, 3.8) is 0 Å². The molecule has 4 rings (SSSR count). The van der Waals surface area contributed by atoms with Crippen LogP contribution < -0.4 is 5.32 Å². The summed E-state index contributed by atoms with van der Waals surface area (Å²) in [5.41, 5.74) is 2.39. The number of anilines is 1. The van der Waals surface area contributed by atoms with Crippen molar-refractivity contribution in [2.75, 3.05) is 5.32 Å². The monoisotopic (exact) mass is 459 g/mol. The summed E-state index contributed by atoms with van der Waals surface area (Å²) in [5.74, 6) is -0.410. The number of hydrogen-bond acceptors (Lipinski definition) is 4. The van der Waals surface area contributed by atoms with E-state index in [-0.39, 0.29) is 17.1 Å². The predicted octanol–water partition coefficient (Wildman–Crippen LogP) is 5.42. The second kappa shape index (κ2) is 8.23. The number of benzene rings is 1. The van der Waals surface area contributed by atoms with Gasteiger partial charge in [-0.2, -0.15) is 18.3 Å². The number of alkyl halides is 3. The molecule has 0 saturated heterocycles. The number of rotatable bonds is 4. The zero-order chi connectivity index (χ0) is 23.0. The molecule has 3 aromatic heterocycles. The summed E-state index contributed by atoms with van der Waals surface area (Å²) in [4.78, 5) is 20.5. The van der Waals surface area contributed by atoms with Crippen molar-refractivity contribution in [1.29, 1.82) is 0 Å². The fourth-order valence-corrected chi connectivity index (χ4v) is 3.59. The maximum absolute atomic E-state index is 12.7. The first-order valence-electron chi connectivity index (χ1n) is 9.55. The number of nitrogens with one attached hydrogen (secondary N) is 1. The number of nitrogens with zero attached hydrogens (tertiary/aromatic N) is 4. The summed E-state index contributed by atoms with van der Waals surface area (Å²) in [6.45, 7) is 3.81. The van der Waals surface area contributed by atoms with Crippen LogP contribution in [0.15, 0.2) is 48.8 Å². The van der Waals surface area contributed by atoms with E-state index in [1.54, 1.807) is 19.1 Å². The summed E-state index contributed by atoms with van der Waals surface area (Å²) >= 11 is 6.53. The van der Waals surface area contributed by atoms with Crippen molar-refractivity contribution < 1.29 is 18.0 Å². The highest BCUT2D eigenvalue weighted by atomic mass is 35.5. The van der Waals surface area contributed by atoms with Crippen LogP contribution in [0.1, 0.15) is 32.9 Å². The first-order valence-corrected chi connectivity index (χ1v) is 9.93. The minimum Gasteiger partial charge on any atom is -0.322 e. The summed E-state index contributed by atoms with van der Waals surface area (Å²) in [6.07, 6.45) is -1.99. The van der Waals surface area contributed by atoms with Gasteiger partial charge in [-0.25, -0.2) is 9.67 Å². The van der Waals surface area contributed by atoms with Crippen molar-refractivity contribution in [2.24, 2.45) is 0 Å². The standard InChI is InChI=1S/C22H17ClF3N5O/c1-12-3-6-15(7-4-12)29-21(32)16-10-28-20-18(19(16)23)13(2)30-31(20)11-14-5-8-17(27-9-14)22(24,25)26/h3-10H,11H2,1-2H3,(H,29,32). The Hall–Kier alpha value is -3.46.